The number of hydrogen-bond acceptors (Lipinski definition) is 3. The fourth-order valence-corrected chi connectivity index (χ4v) is 4.00. The van der Waals surface area contributed by atoms with Gasteiger partial charge in [0.05, 0.1) is 6.61 Å². The van der Waals surface area contributed by atoms with Gasteiger partial charge in [-0.25, -0.2) is 4.39 Å². The predicted molar refractivity (Wildman–Crippen MR) is 145 cm³/mol. The predicted octanol–water partition coefficient (Wildman–Crippen LogP) is 6.19. The van der Waals surface area contributed by atoms with Crippen molar-refractivity contribution < 1.29 is 18.7 Å². The summed E-state index contributed by atoms with van der Waals surface area (Å²) < 4.78 is 19.3. The second-order valence-electron chi connectivity index (χ2n) is 9.08. The number of amides is 2. The Morgan fingerprint density at radius 1 is 0.973 bits per heavy atom. The van der Waals surface area contributed by atoms with E-state index < -0.39 is 6.04 Å². The largest absolute Gasteiger partial charge is 0.494 e. The Balaban J connectivity index is 1.78. The van der Waals surface area contributed by atoms with Gasteiger partial charge in [0.2, 0.25) is 11.8 Å². The first-order chi connectivity index (χ1) is 17.9. The molecule has 1 N–H and O–H groups in total. The van der Waals surface area contributed by atoms with E-state index in [2.05, 4.69) is 5.32 Å². The maximum atomic E-state index is 13.6. The SMILES string of the molecule is CC[C@H](C)NC(=O)[C@@H](Cc1ccccc1)N(Cc1ccc(F)cc1)C(=O)CCCOc1ccc(Cl)cc1. The summed E-state index contributed by atoms with van der Waals surface area (Å²) >= 11 is 5.92. The second kappa shape index (κ2) is 14.4. The van der Waals surface area contributed by atoms with Gasteiger partial charge in [0, 0.05) is 30.5 Å². The van der Waals surface area contributed by atoms with Gasteiger partial charge in [-0.3, -0.25) is 9.59 Å². The molecule has 0 fully saturated rings. The zero-order valence-corrected chi connectivity index (χ0v) is 22.1. The lowest BCUT2D eigenvalue weighted by Crippen LogP contribution is -2.52. The maximum absolute atomic E-state index is 13.6. The summed E-state index contributed by atoms with van der Waals surface area (Å²) in [4.78, 5) is 28.6. The van der Waals surface area contributed by atoms with Gasteiger partial charge in [-0.15, -0.1) is 0 Å². The van der Waals surface area contributed by atoms with Crippen LogP contribution < -0.4 is 10.1 Å². The fraction of sp³-hybridized carbons (Fsp3) is 0.333. The summed E-state index contributed by atoms with van der Waals surface area (Å²) in [6.45, 7) is 4.49. The van der Waals surface area contributed by atoms with E-state index in [1.54, 1.807) is 41.3 Å². The minimum atomic E-state index is -0.717. The molecule has 0 heterocycles. The lowest BCUT2D eigenvalue weighted by molar-refractivity contribution is -0.141. The van der Waals surface area contributed by atoms with E-state index in [4.69, 9.17) is 16.3 Å². The fourth-order valence-electron chi connectivity index (χ4n) is 3.87. The Morgan fingerprint density at radius 3 is 2.30 bits per heavy atom. The van der Waals surface area contributed by atoms with Gasteiger partial charge < -0.3 is 15.0 Å². The van der Waals surface area contributed by atoms with Gasteiger partial charge in [-0.2, -0.15) is 0 Å². The highest BCUT2D eigenvalue weighted by molar-refractivity contribution is 6.30. The van der Waals surface area contributed by atoms with Crippen LogP contribution in [0, 0.1) is 5.82 Å². The van der Waals surface area contributed by atoms with Crippen molar-refractivity contribution in [3.05, 3.63) is 101 Å². The Hall–Kier alpha value is -3.38. The molecule has 0 unspecified atom stereocenters. The standard InChI is InChI=1S/C30H34ClFN2O3/c1-3-22(2)33-30(36)28(20-23-8-5-4-6-9-23)34(21-24-11-15-26(32)16-12-24)29(35)10-7-19-37-27-17-13-25(31)14-18-27/h4-6,8-9,11-18,22,28H,3,7,10,19-21H2,1-2H3,(H,33,36)/t22-,28+/m0/s1. The Labute approximate surface area is 223 Å². The average molecular weight is 525 g/mol. The van der Waals surface area contributed by atoms with Crippen LogP contribution in [0.4, 0.5) is 4.39 Å². The van der Waals surface area contributed by atoms with Crippen LogP contribution in [0.5, 0.6) is 5.75 Å². The third kappa shape index (κ3) is 9.21. The van der Waals surface area contributed by atoms with Gasteiger partial charge >= 0.3 is 0 Å². The minimum absolute atomic E-state index is 0.0266. The third-order valence-electron chi connectivity index (χ3n) is 6.16. The molecule has 37 heavy (non-hydrogen) atoms. The van der Waals surface area contributed by atoms with Gasteiger partial charge in [0.15, 0.2) is 0 Å². The lowest BCUT2D eigenvalue weighted by atomic mass is 10.0. The second-order valence-corrected chi connectivity index (χ2v) is 9.51. The van der Waals surface area contributed by atoms with E-state index in [0.717, 1.165) is 17.5 Å². The summed E-state index contributed by atoms with van der Waals surface area (Å²) in [7, 11) is 0. The third-order valence-corrected chi connectivity index (χ3v) is 6.41. The van der Waals surface area contributed by atoms with Crippen LogP contribution in [0.15, 0.2) is 78.9 Å². The van der Waals surface area contributed by atoms with E-state index in [0.29, 0.717) is 30.2 Å². The number of rotatable bonds is 13. The van der Waals surface area contributed by atoms with Gasteiger partial charge in [-0.05, 0) is 67.3 Å². The van der Waals surface area contributed by atoms with Crippen LogP contribution in [0.25, 0.3) is 0 Å². The smallest absolute Gasteiger partial charge is 0.243 e. The van der Waals surface area contributed by atoms with Crippen LogP contribution in [0.1, 0.15) is 44.2 Å². The molecule has 0 spiro atoms. The molecule has 0 bridgehead atoms. The van der Waals surface area contributed by atoms with Crippen molar-refractivity contribution >= 4 is 23.4 Å². The van der Waals surface area contributed by atoms with Crippen molar-refractivity contribution in [1.82, 2.24) is 10.2 Å². The van der Waals surface area contributed by atoms with Gasteiger partial charge in [0.25, 0.3) is 0 Å². The molecule has 0 saturated heterocycles. The summed E-state index contributed by atoms with van der Waals surface area (Å²) in [5, 5.41) is 3.67. The Morgan fingerprint density at radius 2 is 1.65 bits per heavy atom. The molecule has 0 aromatic heterocycles. The summed E-state index contributed by atoms with van der Waals surface area (Å²) in [5.41, 5.74) is 1.70. The number of benzene rings is 3. The monoisotopic (exact) mass is 524 g/mol. The van der Waals surface area contributed by atoms with E-state index in [9.17, 15) is 14.0 Å². The van der Waals surface area contributed by atoms with Crippen molar-refractivity contribution in [3.8, 4) is 5.75 Å². The molecular formula is C30H34ClFN2O3. The molecular weight excluding hydrogens is 491 g/mol. The maximum Gasteiger partial charge on any atom is 0.243 e. The highest BCUT2D eigenvalue weighted by Gasteiger charge is 2.30. The van der Waals surface area contributed by atoms with Crippen molar-refractivity contribution in [2.24, 2.45) is 0 Å². The first-order valence-electron chi connectivity index (χ1n) is 12.6. The number of carbonyl (C=O) groups is 2. The molecule has 196 valence electrons. The average Bonchev–Trinajstić information content (AvgIpc) is 2.91. The summed E-state index contributed by atoms with van der Waals surface area (Å²) in [6, 6.07) is 22.0. The number of carbonyl (C=O) groups excluding carboxylic acids is 2. The highest BCUT2D eigenvalue weighted by atomic mass is 35.5. The van der Waals surface area contributed by atoms with Crippen LogP contribution in [-0.4, -0.2) is 35.4 Å². The molecule has 2 amide bonds. The number of hydrogen-bond donors (Lipinski definition) is 1. The minimum Gasteiger partial charge on any atom is -0.494 e. The van der Waals surface area contributed by atoms with E-state index in [1.165, 1.54) is 12.1 Å². The molecule has 7 heteroatoms. The molecule has 0 aliphatic rings. The van der Waals surface area contributed by atoms with Gasteiger partial charge in [0.1, 0.15) is 17.6 Å². The van der Waals surface area contributed by atoms with Crippen LogP contribution in [-0.2, 0) is 22.6 Å². The molecule has 3 rings (SSSR count). The van der Waals surface area contributed by atoms with Crippen molar-refractivity contribution in [2.75, 3.05) is 6.61 Å². The van der Waals surface area contributed by atoms with E-state index >= 15 is 0 Å². The Kier molecular flexibility index (Phi) is 11.0. The van der Waals surface area contributed by atoms with Crippen molar-refractivity contribution in [3.63, 3.8) is 0 Å². The Bertz CT molecular complexity index is 1120. The van der Waals surface area contributed by atoms with Crippen LogP contribution >= 0.6 is 11.6 Å². The lowest BCUT2D eigenvalue weighted by Gasteiger charge is -2.32. The van der Waals surface area contributed by atoms with E-state index in [-0.39, 0.29) is 36.6 Å². The molecule has 0 aliphatic heterocycles. The number of nitrogens with one attached hydrogen (secondary N) is 1. The van der Waals surface area contributed by atoms with Gasteiger partial charge in [-0.1, -0.05) is 61.0 Å². The quantitative estimate of drug-likeness (QED) is 0.271. The number of nitrogens with zero attached hydrogens (tertiary/aromatic N) is 1. The van der Waals surface area contributed by atoms with Crippen LogP contribution in [0.3, 0.4) is 0 Å². The van der Waals surface area contributed by atoms with Crippen molar-refractivity contribution in [1.29, 1.82) is 0 Å². The highest BCUT2D eigenvalue weighted by Crippen LogP contribution is 2.19. The summed E-state index contributed by atoms with van der Waals surface area (Å²) in [5.74, 6) is -0.0402. The first-order valence-corrected chi connectivity index (χ1v) is 13.0. The zero-order valence-electron chi connectivity index (χ0n) is 21.3. The van der Waals surface area contributed by atoms with Crippen molar-refractivity contribution in [2.45, 2.75) is 58.2 Å². The number of halogens is 2. The molecule has 0 aliphatic carbocycles. The topological polar surface area (TPSA) is 58.6 Å². The van der Waals surface area contributed by atoms with E-state index in [1.807, 2.05) is 44.2 Å². The van der Waals surface area contributed by atoms with Crippen LogP contribution in [0.2, 0.25) is 5.02 Å². The molecule has 3 aromatic carbocycles. The zero-order chi connectivity index (χ0) is 26.6. The molecule has 0 saturated carbocycles. The summed E-state index contributed by atoms with van der Waals surface area (Å²) in [6.07, 6.45) is 1.83. The number of ether oxygens (including phenoxy) is 1. The first kappa shape index (κ1) is 28.2. The molecule has 0 radical (unpaired) electrons. The normalized spacial score (nSPS) is 12.4. The molecule has 5 nitrogen and oxygen atoms in total. The molecule has 3 aromatic rings. The molecule has 2 atom stereocenters.